The highest BCUT2D eigenvalue weighted by atomic mass is 19.3. The van der Waals surface area contributed by atoms with Crippen molar-refractivity contribution in [3.05, 3.63) is 29.8 Å². The van der Waals surface area contributed by atoms with Crippen molar-refractivity contribution in [3.8, 4) is 5.75 Å². The molecule has 3 unspecified atom stereocenters. The Morgan fingerprint density at radius 2 is 2.09 bits per heavy atom. The summed E-state index contributed by atoms with van der Waals surface area (Å²) in [5.41, 5.74) is 0.656. The predicted molar refractivity (Wildman–Crippen MR) is 83.6 cm³/mol. The number of carbonyl (C=O) groups is 1. The zero-order valence-corrected chi connectivity index (χ0v) is 13.7. The van der Waals surface area contributed by atoms with Crippen LogP contribution in [0.4, 0.5) is 8.78 Å². The standard InChI is InChI=1S/C18H23F2NO2/c1-17(2)12-7-8-18(17,3)14(10-12)21-15(22)11-5-4-6-13(9-11)23-16(19)20/h4-6,9,12,14,16H,7-8,10H2,1-3H3,(H,21,22). The van der Waals surface area contributed by atoms with Crippen LogP contribution in [0.2, 0.25) is 0 Å². The number of nitrogens with one attached hydrogen (secondary N) is 1. The van der Waals surface area contributed by atoms with Gasteiger partial charge in [0.15, 0.2) is 0 Å². The normalized spacial score (nSPS) is 31.4. The van der Waals surface area contributed by atoms with E-state index >= 15 is 0 Å². The Morgan fingerprint density at radius 3 is 2.65 bits per heavy atom. The highest BCUT2D eigenvalue weighted by molar-refractivity contribution is 5.94. The van der Waals surface area contributed by atoms with Crippen molar-refractivity contribution >= 4 is 5.91 Å². The Balaban J connectivity index is 1.73. The molecule has 3 nitrogen and oxygen atoms in total. The van der Waals surface area contributed by atoms with Gasteiger partial charge in [-0.25, -0.2) is 0 Å². The molecule has 1 aromatic carbocycles. The molecule has 0 aliphatic heterocycles. The van der Waals surface area contributed by atoms with Crippen LogP contribution in [0.3, 0.4) is 0 Å². The number of alkyl halides is 2. The van der Waals surface area contributed by atoms with Crippen LogP contribution in [0.15, 0.2) is 24.3 Å². The maximum absolute atomic E-state index is 12.5. The van der Waals surface area contributed by atoms with Crippen molar-refractivity contribution in [2.75, 3.05) is 0 Å². The zero-order chi connectivity index (χ0) is 16.8. The van der Waals surface area contributed by atoms with E-state index in [1.165, 1.54) is 18.6 Å². The Hall–Kier alpha value is -1.65. The average molecular weight is 323 g/mol. The van der Waals surface area contributed by atoms with Crippen LogP contribution in [0.5, 0.6) is 5.75 Å². The maximum Gasteiger partial charge on any atom is 0.387 e. The predicted octanol–water partition coefficient (Wildman–Crippen LogP) is 4.23. The summed E-state index contributed by atoms with van der Waals surface area (Å²) in [5, 5.41) is 3.12. The van der Waals surface area contributed by atoms with Crippen molar-refractivity contribution < 1.29 is 18.3 Å². The van der Waals surface area contributed by atoms with Gasteiger partial charge in [0, 0.05) is 11.6 Å². The lowest BCUT2D eigenvalue weighted by Crippen LogP contribution is -2.46. The molecule has 1 amide bonds. The first kappa shape index (κ1) is 16.2. The SMILES string of the molecule is CC1(C)C2CCC1(C)C(NC(=O)c1cccc(OC(F)F)c1)C2. The van der Waals surface area contributed by atoms with Gasteiger partial charge in [-0.1, -0.05) is 26.8 Å². The lowest BCUT2D eigenvalue weighted by Gasteiger charge is -2.39. The molecule has 2 aliphatic rings. The topological polar surface area (TPSA) is 38.3 Å². The fraction of sp³-hybridized carbons (Fsp3) is 0.611. The quantitative estimate of drug-likeness (QED) is 0.900. The van der Waals surface area contributed by atoms with E-state index in [0.29, 0.717) is 11.5 Å². The molecular weight excluding hydrogens is 300 g/mol. The fourth-order valence-corrected chi connectivity index (χ4v) is 4.48. The summed E-state index contributed by atoms with van der Waals surface area (Å²) in [6.07, 6.45) is 3.32. The zero-order valence-electron chi connectivity index (χ0n) is 13.7. The summed E-state index contributed by atoms with van der Waals surface area (Å²) >= 11 is 0. The highest BCUT2D eigenvalue weighted by Gasteiger charge is 2.61. The second kappa shape index (κ2) is 5.46. The van der Waals surface area contributed by atoms with Gasteiger partial charge in [-0.2, -0.15) is 8.78 Å². The van der Waals surface area contributed by atoms with Crippen molar-refractivity contribution in [1.29, 1.82) is 0 Å². The number of rotatable bonds is 4. The van der Waals surface area contributed by atoms with E-state index in [-0.39, 0.29) is 28.5 Å². The van der Waals surface area contributed by atoms with Crippen molar-refractivity contribution in [3.63, 3.8) is 0 Å². The minimum atomic E-state index is -2.89. The van der Waals surface area contributed by atoms with Crippen LogP contribution < -0.4 is 10.1 Å². The second-order valence-corrected chi connectivity index (χ2v) is 7.54. The summed E-state index contributed by atoms with van der Waals surface area (Å²) in [7, 11) is 0. The van der Waals surface area contributed by atoms with Gasteiger partial charge in [-0.3, -0.25) is 4.79 Å². The highest BCUT2D eigenvalue weighted by Crippen LogP contribution is 2.65. The molecule has 126 valence electrons. The van der Waals surface area contributed by atoms with Gasteiger partial charge in [0.25, 0.3) is 5.91 Å². The van der Waals surface area contributed by atoms with Gasteiger partial charge in [0.05, 0.1) is 0 Å². The third-order valence-electron chi connectivity index (χ3n) is 6.42. The number of carbonyl (C=O) groups excluding carboxylic acids is 1. The van der Waals surface area contributed by atoms with Crippen molar-refractivity contribution in [2.24, 2.45) is 16.7 Å². The van der Waals surface area contributed by atoms with Crippen LogP contribution >= 0.6 is 0 Å². The lowest BCUT2D eigenvalue weighted by atomic mass is 9.69. The first-order valence-corrected chi connectivity index (χ1v) is 8.10. The number of benzene rings is 1. The molecule has 1 aromatic rings. The van der Waals surface area contributed by atoms with Crippen molar-refractivity contribution in [1.82, 2.24) is 5.32 Å². The molecule has 0 aromatic heterocycles. The monoisotopic (exact) mass is 323 g/mol. The largest absolute Gasteiger partial charge is 0.435 e. The van der Waals surface area contributed by atoms with E-state index < -0.39 is 6.61 Å². The average Bonchev–Trinajstić information content (AvgIpc) is 2.80. The van der Waals surface area contributed by atoms with E-state index in [4.69, 9.17) is 0 Å². The molecule has 0 saturated heterocycles. The van der Waals surface area contributed by atoms with Gasteiger partial charge in [0.2, 0.25) is 0 Å². The summed E-state index contributed by atoms with van der Waals surface area (Å²) in [6, 6.07) is 6.09. The Kier molecular flexibility index (Phi) is 3.85. The molecule has 2 bridgehead atoms. The molecule has 5 heteroatoms. The van der Waals surface area contributed by atoms with E-state index in [2.05, 4.69) is 30.8 Å². The Bertz CT molecular complexity index is 617. The molecule has 2 saturated carbocycles. The number of fused-ring (bicyclic) bond motifs is 2. The Morgan fingerprint density at radius 1 is 1.35 bits per heavy atom. The van der Waals surface area contributed by atoms with Crippen LogP contribution in [0.25, 0.3) is 0 Å². The maximum atomic E-state index is 12.5. The summed E-state index contributed by atoms with van der Waals surface area (Å²) in [5.74, 6) is 0.415. The second-order valence-electron chi connectivity index (χ2n) is 7.54. The van der Waals surface area contributed by atoms with Gasteiger partial charge < -0.3 is 10.1 Å². The lowest BCUT2D eigenvalue weighted by molar-refractivity contribution is -0.0498. The van der Waals surface area contributed by atoms with Gasteiger partial charge in [-0.05, 0) is 54.2 Å². The molecule has 2 fully saturated rings. The third kappa shape index (κ3) is 2.60. The van der Waals surface area contributed by atoms with Crippen LogP contribution in [-0.2, 0) is 0 Å². The molecule has 1 N–H and O–H groups in total. The van der Waals surface area contributed by atoms with Crippen LogP contribution in [0, 0.1) is 16.7 Å². The summed E-state index contributed by atoms with van der Waals surface area (Å²) < 4.78 is 29.0. The summed E-state index contributed by atoms with van der Waals surface area (Å²) in [6.45, 7) is 3.93. The number of hydrogen-bond donors (Lipinski definition) is 1. The van der Waals surface area contributed by atoms with Crippen LogP contribution in [-0.4, -0.2) is 18.6 Å². The van der Waals surface area contributed by atoms with Gasteiger partial charge >= 0.3 is 6.61 Å². The first-order chi connectivity index (χ1) is 10.7. The number of hydrogen-bond acceptors (Lipinski definition) is 2. The van der Waals surface area contributed by atoms with Gasteiger partial charge in [0.1, 0.15) is 5.75 Å². The molecule has 2 aliphatic carbocycles. The molecule has 0 heterocycles. The number of amides is 1. The summed E-state index contributed by atoms with van der Waals surface area (Å²) in [4.78, 5) is 12.5. The number of halogens is 2. The van der Waals surface area contributed by atoms with E-state index in [1.807, 2.05) is 0 Å². The molecular formula is C18H23F2NO2. The first-order valence-electron chi connectivity index (χ1n) is 8.10. The van der Waals surface area contributed by atoms with E-state index in [9.17, 15) is 13.6 Å². The van der Waals surface area contributed by atoms with Crippen LogP contribution in [0.1, 0.15) is 50.4 Å². The fourth-order valence-electron chi connectivity index (χ4n) is 4.48. The smallest absolute Gasteiger partial charge is 0.387 e. The Labute approximate surface area is 135 Å². The van der Waals surface area contributed by atoms with Gasteiger partial charge in [-0.15, -0.1) is 0 Å². The minimum absolute atomic E-state index is 0.00661. The molecule has 0 radical (unpaired) electrons. The molecule has 0 spiro atoms. The third-order valence-corrected chi connectivity index (χ3v) is 6.42. The molecule has 3 rings (SSSR count). The molecule has 3 atom stereocenters. The molecule has 23 heavy (non-hydrogen) atoms. The number of ether oxygens (including phenoxy) is 1. The van der Waals surface area contributed by atoms with E-state index in [0.717, 1.165) is 12.8 Å². The van der Waals surface area contributed by atoms with E-state index in [1.54, 1.807) is 12.1 Å². The minimum Gasteiger partial charge on any atom is -0.435 e. The van der Waals surface area contributed by atoms with Crippen molar-refractivity contribution in [2.45, 2.75) is 52.7 Å².